The molecule has 2 aliphatic rings. The number of fused-ring (bicyclic) bond motifs is 1. The highest BCUT2D eigenvalue weighted by Crippen LogP contribution is 2.29. The van der Waals surface area contributed by atoms with E-state index >= 15 is 0 Å². The molecule has 122 valence electrons. The van der Waals surface area contributed by atoms with E-state index in [0.29, 0.717) is 12.0 Å². The van der Waals surface area contributed by atoms with Crippen LogP contribution in [0.15, 0.2) is 0 Å². The van der Waals surface area contributed by atoms with E-state index in [4.69, 9.17) is 4.74 Å². The quantitative estimate of drug-likeness (QED) is 0.762. The minimum Gasteiger partial charge on any atom is -0.382 e. The van der Waals surface area contributed by atoms with Crippen molar-refractivity contribution in [1.29, 1.82) is 0 Å². The molecular formula is C16H31N3O2. The molecule has 0 aromatic carbocycles. The van der Waals surface area contributed by atoms with E-state index in [-0.39, 0.29) is 6.03 Å². The molecule has 5 nitrogen and oxygen atoms in total. The topological polar surface area (TPSA) is 44.8 Å². The van der Waals surface area contributed by atoms with Gasteiger partial charge in [-0.25, -0.2) is 4.79 Å². The van der Waals surface area contributed by atoms with E-state index in [2.05, 4.69) is 22.2 Å². The molecule has 0 saturated carbocycles. The molecular weight excluding hydrogens is 266 g/mol. The normalized spacial score (nSPS) is 26.5. The summed E-state index contributed by atoms with van der Waals surface area (Å²) in [5, 5.41) is 3.09. The molecule has 0 aliphatic carbocycles. The number of nitrogens with one attached hydrogen (secondary N) is 1. The lowest BCUT2D eigenvalue weighted by molar-refractivity contribution is 0.0533. The van der Waals surface area contributed by atoms with Crippen molar-refractivity contribution in [1.82, 2.24) is 15.1 Å². The van der Waals surface area contributed by atoms with Crippen LogP contribution in [0.1, 0.15) is 39.0 Å². The molecule has 2 rings (SSSR count). The molecule has 5 heteroatoms. The van der Waals surface area contributed by atoms with Gasteiger partial charge in [0.05, 0.1) is 0 Å². The number of urea groups is 1. The first-order chi connectivity index (χ1) is 10.2. The van der Waals surface area contributed by atoms with Gasteiger partial charge < -0.3 is 19.9 Å². The van der Waals surface area contributed by atoms with Crippen molar-refractivity contribution >= 4 is 6.03 Å². The van der Waals surface area contributed by atoms with Crippen LogP contribution in [0.25, 0.3) is 0 Å². The molecule has 2 atom stereocenters. The van der Waals surface area contributed by atoms with Gasteiger partial charge in [-0.3, -0.25) is 0 Å². The fraction of sp³-hybridized carbons (Fsp3) is 0.938. The molecule has 0 radical (unpaired) electrons. The second kappa shape index (κ2) is 8.59. The maximum absolute atomic E-state index is 12.4. The summed E-state index contributed by atoms with van der Waals surface area (Å²) in [5.74, 6) is 0.668. The van der Waals surface area contributed by atoms with Crippen molar-refractivity contribution in [3.05, 3.63) is 0 Å². The summed E-state index contributed by atoms with van der Waals surface area (Å²) >= 11 is 0. The number of unbranched alkanes of at least 4 members (excludes halogenated alkanes) is 1. The number of carbonyl (C=O) groups excluding carboxylic acids is 1. The minimum atomic E-state index is 0.144. The van der Waals surface area contributed by atoms with Crippen LogP contribution in [0.4, 0.5) is 4.79 Å². The largest absolute Gasteiger partial charge is 0.382 e. The Kier molecular flexibility index (Phi) is 6.77. The van der Waals surface area contributed by atoms with E-state index in [9.17, 15) is 4.79 Å². The number of piperidine rings is 2. The molecule has 2 aliphatic heterocycles. The Labute approximate surface area is 129 Å². The summed E-state index contributed by atoms with van der Waals surface area (Å²) in [4.78, 5) is 16.9. The van der Waals surface area contributed by atoms with Crippen molar-refractivity contribution in [3.8, 4) is 0 Å². The zero-order valence-corrected chi connectivity index (χ0v) is 13.6. The van der Waals surface area contributed by atoms with Crippen LogP contribution in [-0.2, 0) is 4.74 Å². The first-order valence-electron chi connectivity index (χ1n) is 8.53. The van der Waals surface area contributed by atoms with E-state index in [0.717, 1.165) is 65.1 Å². The predicted molar refractivity (Wildman–Crippen MR) is 84.5 cm³/mol. The van der Waals surface area contributed by atoms with Crippen LogP contribution in [-0.4, -0.2) is 68.3 Å². The number of rotatable bonds is 6. The molecule has 0 spiro atoms. The third kappa shape index (κ3) is 4.85. The van der Waals surface area contributed by atoms with E-state index < -0.39 is 0 Å². The molecule has 0 aromatic rings. The molecule has 2 heterocycles. The number of hydrogen-bond acceptors (Lipinski definition) is 3. The van der Waals surface area contributed by atoms with Gasteiger partial charge >= 0.3 is 6.03 Å². The summed E-state index contributed by atoms with van der Waals surface area (Å²) < 4.78 is 5.31. The van der Waals surface area contributed by atoms with Crippen molar-refractivity contribution < 1.29 is 9.53 Å². The monoisotopic (exact) mass is 297 g/mol. The summed E-state index contributed by atoms with van der Waals surface area (Å²) in [6, 6.07) is 0.601. The smallest absolute Gasteiger partial charge is 0.317 e. The number of nitrogens with zero attached hydrogens (tertiary/aromatic N) is 2. The second-order valence-corrected chi connectivity index (χ2v) is 6.35. The van der Waals surface area contributed by atoms with E-state index in [1.165, 1.54) is 6.42 Å². The summed E-state index contributed by atoms with van der Waals surface area (Å²) in [6.07, 6.45) is 5.56. The highest BCUT2D eigenvalue weighted by Gasteiger charge is 2.36. The standard InChI is InChI=1S/C16H31N3O2/c1-3-21-12-5-4-9-17-16(20)19-10-6-7-14-13-18(2)11-8-15(14)19/h14-15H,3-13H2,1-2H3,(H,17,20)/t14-,15-/m0/s1. The van der Waals surface area contributed by atoms with Gasteiger partial charge in [0, 0.05) is 38.9 Å². The molecule has 21 heavy (non-hydrogen) atoms. The van der Waals surface area contributed by atoms with E-state index in [1.807, 2.05) is 6.92 Å². The molecule has 2 fully saturated rings. The third-order valence-electron chi connectivity index (χ3n) is 4.73. The van der Waals surface area contributed by atoms with Crippen molar-refractivity contribution in [2.24, 2.45) is 5.92 Å². The zero-order chi connectivity index (χ0) is 15.1. The lowest BCUT2D eigenvalue weighted by Gasteiger charge is -2.46. The van der Waals surface area contributed by atoms with Crippen molar-refractivity contribution in [3.63, 3.8) is 0 Å². The summed E-state index contributed by atoms with van der Waals surface area (Å²) in [7, 11) is 2.19. The van der Waals surface area contributed by atoms with Gasteiger partial charge in [0.25, 0.3) is 0 Å². The molecule has 0 unspecified atom stereocenters. The Balaban J connectivity index is 1.71. The highest BCUT2D eigenvalue weighted by atomic mass is 16.5. The van der Waals surface area contributed by atoms with Gasteiger partial charge in [-0.2, -0.15) is 0 Å². The van der Waals surface area contributed by atoms with Crippen LogP contribution in [0, 0.1) is 5.92 Å². The SMILES string of the molecule is CCOCCCCNC(=O)N1CCC[C@H]2CN(C)CC[C@@H]21. The van der Waals surface area contributed by atoms with Gasteiger partial charge in [0.1, 0.15) is 0 Å². The number of carbonyl (C=O) groups is 1. The Hall–Kier alpha value is -0.810. The first kappa shape index (κ1) is 16.6. The van der Waals surface area contributed by atoms with E-state index in [1.54, 1.807) is 0 Å². The highest BCUT2D eigenvalue weighted by molar-refractivity contribution is 5.74. The molecule has 0 aromatic heterocycles. The number of ether oxygens (including phenoxy) is 1. The zero-order valence-electron chi connectivity index (χ0n) is 13.6. The second-order valence-electron chi connectivity index (χ2n) is 6.35. The number of amides is 2. The van der Waals surface area contributed by atoms with Crippen LogP contribution >= 0.6 is 0 Å². The summed E-state index contributed by atoms with van der Waals surface area (Å²) in [6.45, 7) is 7.53. The third-order valence-corrected chi connectivity index (χ3v) is 4.73. The molecule has 0 bridgehead atoms. The van der Waals surface area contributed by atoms with Crippen LogP contribution < -0.4 is 5.32 Å². The van der Waals surface area contributed by atoms with Crippen molar-refractivity contribution in [2.75, 3.05) is 46.4 Å². The Morgan fingerprint density at radius 3 is 2.95 bits per heavy atom. The average Bonchev–Trinajstić information content (AvgIpc) is 2.49. The molecule has 2 amide bonds. The van der Waals surface area contributed by atoms with Gasteiger partial charge in [0.15, 0.2) is 0 Å². The Morgan fingerprint density at radius 1 is 1.29 bits per heavy atom. The maximum atomic E-state index is 12.4. The first-order valence-corrected chi connectivity index (χ1v) is 8.53. The average molecular weight is 297 g/mol. The lowest BCUT2D eigenvalue weighted by Crippen LogP contribution is -2.57. The number of likely N-dealkylation sites (tertiary alicyclic amines) is 2. The fourth-order valence-electron chi connectivity index (χ4n) is 3.61. The lowest BCUT2D eigenvalue weighted by atomic mass is 9.84. The van der Waals surface area contributed by atoms with Crippen LogP contribution in [0.3, 0.4) is 0 Å². The Morgan fingerprint density at radius 2 is 2.14 bits per heavy atom. The van der Waals surface area contributed by atoms with Crippen LogP contribution in [0.2, 0.25) is 0 Å². The van der Waals surface area contributed by atoms with Gasteiger partial charge in [-0.15, -0.1) is 0 Å². The number of hydrogen-bond donors (Lipinski definition) is 1. The van der Waals surface area contributed by atoms with Gasteiger partial charge in [0.2, 0.25) is 0 Å². The van der Waals surface area contributed by atoms with Gasteiger partial charge in [-0.05, 0) is 58.5 Å². The van der Waals surface area contributed by atoms with Gasteiger partial charge in [-0.1, -0.05) is 0 Å². The predicted octanol–water partition coefficient (Wildman–Crippen LogP) is 1.93. The summed E-state index contributed by atoms with van der Waals surface area (Å²) in [5.41, 5.74) is 0. The molecule has 1 N–H and O–H groups in total. The molecule has 2 saturated heterocycles. The maximum Gasteiger partial charge on any atom is 0.317 e. The fourth-order valence-corrected chi connectivity index (χ4v) is 3.61. The Bertz CT molecular complexity index is 325. The van der Waals surface area contributed by atoms with Crippen molar-refractivity contribution in [2.45, 2.75) is 45.1 Å². The van der Waals surface area contributed by atoms with Crippen LogP contribution in [0.5, 0.6) is 0 Å². The minimum absolute atomic E-state index is 0.144.